The van der Waals surface area contributed by atoms with Gasteiger partial charge in [-0.3, -0.25) is 0 Å². The second-order valence-corrected chi connectivity index (χ2v) is 5.13. The number of hydrogen-bond donors (Lipinski definition) is 1. The Bertz CT molecular complexity index is 183. The van der Waals surface area contributed by atoms with Crippen LogP contribution in [0.5, 0.6) is 0 Å². The molecule has 6 atom stereocenters. The second-order valence-electron chi connectivity index (χ2n) is 4.77. The van der Waals surface area contributed by atoms with Crippen molar-refractivity contribution in [2.45, 2.75) is 19.8 Å². The van der Waals surface area contributed by atoms with Crippen LogP contribution in [0.3, 0.4) is 0 Å². The van der Waals surface area contributed by atoms with Gasteiger partial charge < -0.3 is 0 Å². The van der Waals surface area contributed by atoms with Crippen molar-refractivity contribution in [2.24, 2.45) is 35.5 Å². The molecule has 11 heavy (non-hydrogen) atoms. The molecule has 62 valence electrons. The summed E-state index contributed by atoms with van der Waals surface area (Å²) in [5, 5.41) is 0. The second kappa shape index (κ2) is 1.99. The standard InChI is InChI=1S/C10H16S/c1-5-8(4-11)10-7-3-2-6(7)9(5)10/h5-11H,2-4H2,1H3. The van der Waals surface area contributed by atoms with Crippen molar-refractivity contribution in [2.75, 3.05) is 5.75 Å². The highest BCUT2D eigenvalue weighted by Gasteiger charge is 2.66. The van der Waals surface area contributed by atoms with Gasteiger partial charge in [0.25, 0.3) is 0 Å². The van der Waals surface area contributed by atoms with Gasteiger partial charge in [0.15, 0.2) is 0 Å². The van der Waals surface area contributed by atoms with Crippen LogP contribution in [0.1, 0.15) is 19.8 Å². The normalized spacial score (nSPS) is 64.9. The highest BCUT2D eigenvalue weighted by Crippen LogP contribution is 2.71. The molecule has 0 nitrogen and oxygen atoms in total. The van der Waals surface area contributed by atoms with Crippen LogP contribution < -0.4 is 0 Å². The van der Waals surface area contributed by atoms with E-state index in [1.165, 1.54) is 5.92 Å². The molecule has 0 saturated heterocycles. The summed E-state index contributed by atoms with van der Waals surface area (Å²) in [5.41, 5.74) is 0. The van der Waals surface area contributed by atoms with Crippen LogP contribution in [-0.2, 0) is 0 Å². The van der Waals surface area contributed by atoms with E-state index in [1.807, 2.05) is 0 Å². The zero-order valence-electron chi connectivity index (χ0n) is 7.03. The van der Waals surface area contributed by atoms with Gasteiger partial charge in [0, 0.05) is 0 Å². The fraction of sp³-hybridized carbons (Fsp3) is 1.00. The highest BCUT2D eigenvalue weighted by molar-refractivity contribution is 7.80. The molecule has 3 fully saturated rings. The van der Waals surface area contributed by atoms with Crippen molar-refractivity contribution in [1.29, 1.82) is 0 Å². The maximum Gasteiger partial charge on any atom is -0.00640 e. The zero-order chi connectivity index (χ0) is 7.59. The molecule has 3 aliphatic carbocycles. The lowest BCUT2D eigenvalue weighted by Crippen LogP contribution is -2.67. The Morgan fingerprint density at radius 3 is 2.36 bits per heavy atom. The van der Waals surface area contributed by atoms with Gasteiger partial charge in [0.05, 0.1) is 0 Å². The minimum absolute atomic E-state index is 0.991. The minimum atomic E-state index is 0.991. The van der Waals surface area contributed by atoms with Gasteiger partial charge >= 0.3 is 0 Å². The van der Waals surface area contributed by atoms with Crippen molar-refractivity contribution < 1.29 is 0 Å². The molecule has 0 aromatic carbocycles. The highest BCUT2D eigenvalue weighted by atomic mass is 32.1. The quantitative estimate of drug-likeness (QED) is 0.571. The smallest absolute Gasteiger partial charge is 0.00640 e. The van der Waals surface area contributed by atoms with E-state index in [0.717, 1.165) is 35.3 Å². The predicted molar refractivity (Wildman–Crippen MR) is 49.7 cm³/mol. The van der Waals surface area contributed by atoms with E-state index in [-0.39, 0.29) is 0 Å². The summed E-state index contributed by atoms with van der Waals surface area (Å²) in [6.45, 7) is 2.44. The van der Waals surface area contributed by atoms with Crippen LogP contribution in [0, 0.1) is 35.5 Å². The lowest BCUT2D eigenvalue weighted by molar-refractivity contribution is -0.237. The molecular weight excluding hydrogens is 152 g/mol. The first-order valence-corrected chi connectivity index (χ1v) is 5.58. The number of rotatable bonds is 1. The van der Waals surface area contributed by atoms with Crippen LogP contribution in [0.25, 0.3) is 0 Å². The van der Waals surface area contributed by atoms with Crippen molar-refractivity contribution >= 4 is 12.6 Å². The van der Waals surface area contributed by atoms with Crippen molar-refractivity contribution in [3.8, 4) is 0 Å². The largest absolute Gasteiger partial charge is 0.179 e. The number of thiol groups is 1. The molecule has 1 heteroatoms. The third-order valence-electron chi connectivity index (χ3n) is 4.80. The molecule has 0 amide bonds. The van der Waals surface area contributed by atoms with Crippen molar-refractivity contribution in [3.05, 3.63) is 0 Å². The fourth-order valence-corrected chi connectivity index (χ4v) is 4.63. The van der Waals surface area contributed by atoms with Crippen LogP contribution >= 0.6 is 12.6 Å². The van der Waals surface area contributed by atoms with Gasteiger partial charge in [-0.2, -0.15) is 12.6 Å². The molecule has 0 heterocycles. The van der Waals surface area contributed by atoms with E-state index >= 15 is 0 Å². The Labute approximate surface area is 74.2 Å². The molecule has 0 aliphatic heterocycles. The predicted octanol–water partition coefficient (Wildman–Crippen LogP) is 2.45. The Morgan fingerprint density at radius 1 is 1.18 bits per heavy atom. The maximum atomic E-state index is 4.43. The van der Waals surface area contributed by atoms with Crippen LogP contribution in [-0.4, -0.2) is 5.75 Å². The molecule has 0 N–H and O–H groups in total. The van der Waals surface area contributed by atoms with Gasteiger partial charge in [-0.1, -0.05) is 6.92 Å². The average Bonchev–Trinajstić information content (AvgIpc) is 1.97. The van der Waals surface area contributed by atoms with Crippen LogP contribution in [0.4, 0.5) is 0 Å². The molecular formula is C10H16S. The molecule has 0 aromatic heterocycles. The summed E-state index contributed by atoms with van der Waals surface area (Å²) in [4.78, 5) is 0. The molecule has 3 rings (SSSR count). The number of fused-ring (bicyclic) bond motifs is 4. The third-order valence-corrected chi connectivity index (χ3v) is 5.23. The molecule has 0 radical (unpaired) electrons. The van der Waals surface area contributed by atoms with E-state index in [1.54, 1.807) is 12.8 Å². The summed E-state index contributed by atoms with van der Waals surface area (Å²) in [6, 6.07) is 0. The van der Waals surface area contributed by atoms with Crippen LogP contribution in [0.15, 0.2) is 0 Å². The summed E-state index contributed by atoms with van der Waals surface area (Å²) in [5.74, 6) is 7.75. The minimum Gasteiger partial charge on any atom is -0.179 e. The Morgan fingerprint density at radius 2 is 1.82 bits per heavy atom. The Hall–Kier alpha value is 0.350. The summed E-state index contributed by atoms with van der Waals surface area (Å²) in [6.07, 6.45) is 3.10. The third kappa shape index (κ3) is 0.577. The summed E-state index contributed by atoms with van der Waals surface area (Å²) >= 11 is 4.43. The fourth-order valence-electron chi connectivity index (χ4n) is 4.05. The first kappa shape index (κ1) is 6.82. The lowest BCUT2D eigenvalue weighted by Gasteiger charge is -2.72. The Kier molecular flexibility index (Phi) is 1.23. The molecule has 0 spiro atoms. The monoisotopic (exact) mass is 168 g/mol. The van der Waals surface area contributed by atoms with Crippen molar-refractivity contribution in [3.63, 3.8) is 0 Å². The molecule has 0 bridgehead atoms. The maximum absolute atomic E-state index is 4.43. The van der Waals surface area contributed by atoms with Gasteiger partial charge in [-0.05, 0) is 54.1 Å². The SMILES string of the molecule is CC1C(CS)C2C3CCC3C12. The van der Waals surface area contributed by atoms with E-state index in [4.69, 9.17) is 0 Å². The molecule has 0 aromatic rings. The first-order chi connectivity index (χ1) is 5.34. The molecule has 6 unspecified atom stereocenters. The lowest BCUT2D eigenvalue weighted by atomic mass is 9.33. The van der Waals surface area contributed by atoms with E-state index in [0.29, 0.717) is 0 Å². The van der Waals surface area contributed by atoms with Gasteiger partial charge in [0.1, 0.15) is 0 Å². The number of hydrogen-bond acceptors (Lipinski definition) is 1. The van der Waals surface area contributed by atoms with Gasteiger partial charge in [-0.25, -0.2) is 0 Å². The van der Waals surface area contributed by atoms with E-state index in [2.05, 4.69) is 19.6 Å². The van der Waals surface area contributed by atoms with Gasteiger partial charge in [0.2, 0.25) is 0 Å². The van der Waals surface area contributed by atoms with E-state index < -0.39 is 0 Å². The Balaban J connectivity index is 1.76. The summed E-state index contributed by atoms with van der Waals surface area (Å²) in [7, 11) is 0. The van der Waals surface area contributed by atoms with E-state index in [9.17, 15) is 0 Å². The average molecular weight is 168 g/mol. The van der Waals surface area contributed by atoms with Gasteiger partial charge in [-0.15, -0.1) is 0 Å². The molecule has 3 aliphatic rings. The van der Waals surface area contributed by atoms with Crippen molar-refractivity contribution in [1.82, 2.24) is 0 Å². The summed E-state index contributed by atoms with van der Waals surface area (Å²) < 4.78 is 0. The topological polar surface area (TPSA) is 0 Å². The van der Waals surface area contributed by atoms with Crippen LogP contribution in [0.2, 0.25) is 0 Å². The first-order valence-electron chi connectivity index (χ1n) is 4.95. The molecule has 3 saturated carbocycles. The zero-order valence-corrected chi connectivity index (χ0v) is 7.93.